The van der Waals surface area contributed by atoms with Crippen molar-refractivity contribution in [1.29, 1.82) is 0 Å². The van der Waals surface area contributed by atoms with Crippen molar-refractivity contribution in [3.8, 4) is 0 Å². The number of nitrogens with zero attached hydrogens (tertiary/aromatic N) is 1. The maximum absolute atomic E-state index is 12.4. The lowest BCUT2D eigenvalue weighted by molar-refractivity contribution is -0.132. The van der Waals surface area contributed by atoms with Crippen LogP contribution in [0.4, 0.5) is 0 Å². The van der Waals surface area contributed by atoms with E-state index in [1.165, 1.54) is 64.2 Å². The van der Waals surface area contributed by atoms with Gasteiger partial charge in [0.15, 0.2) is 0 Å². The molecular weight excluding hydrogens is 236 g/mol. The van der Waals surface area contributed by atoms with Crippen molar-refractivity contribution < 1.29 is 4.79 Å². The topological polar surface area (TPSA) is 32.3 Å². The molecule has 3 rings (SSSR count). The van der Waals surface area contributed by atoms with Crippen molar-refractivity contribution in [3.63, 3.8) is 0 Å². The molecule has 0 spiro atoms. The van der Waals surface area contributed by atoms with Crippen LogP contribution in [0.5, 0.6) is 0 Å². The summed E-state index contributed by atoms with van der Waals surface area (Å²) in [6.07, 6.45) is 13.1. The van der Waals surface area contributed by atoms with Gasteiger partial charge in [-0.05, 0) is 44.4 Å². The first-order valence-electron chi connectivity index (χ1n) is 8.37. The van der Waals surface area contributed by atoms with Gasteiger partial charge in [-0.15, -0.1) is 0 Å². The molecule has 3 nitrogen and oxygen atoms in total. The second kappa shape index (κ2) is 6.25. The molecule has 1 amide bonds. The molecule has 108 valence electrons. The van der Waals surface area contributed by atoms with Gasteiger partial charge >= 0.3 is 0 Å². The number of amides is 1. The third-order valence-electron chi connectivity index (χ3n) is 5.46. The summed E-state index contributed by atoms with van der Waals surface area (Å²) in [6, 6.07) is 1.18. The van der Waals surface area contributed by atoms with Crippen LogP contribution in [0.15, 0.2) is 0 Å². The van der Waals surface area contributed by atoms with E-state index in [4.69, 9.17) is 0 Å². The van der Waals surface area contributed by atoms with Crippen LogP contribution in [0.25, 0.3) is 0 Å². The Balaban J connectivity index is 1.49. The summed E-state index contributed by atoms with van der Waals surface area (Å²) in [6.45, 7) is 1.58. The van der Waals surface area contributed by atoms with Gasteiger partial charge < -0.3 is 10.2 Å². The van der Waals surface area contributed by atoms with E-state index in [0.717, 1.165) is 12.5 Å². The van der Waals surface area contributed by atoms with Gasteiger partial charge in [0.2, 0.25) is 5.91 Å². The quantitative estimate of drug-likeness (QED) is 0.846. The Hall–Kier alpha value is -0.570. The largest absolute Gasteiger partial charge is 0.338 e. The lowest BCUT2D eigenvalue weighted by atomic mass is 9.96. The average molecular weight is 264 g/mol. The van der Waals surface area contributed by atoms with Crippen LogP contribution in [0.2, 0.25) is 0 Å². The molecule has 1 unspecified atom stereocenters. The minimum atomic E-state index is 0.362. The first kappa shape index (κ1) is 13.4. The zero-order valence-electron chi connectivity index (χ0n) is 12.1. The summed E-state index contributed by atoms with van der Waals surface area (Å²) in [4.78, 5) is 14.6. The van der Waals surface area contributed by atoms with Crippen molar-refractivity contribution in [3.05, 3.63) is 0 Å². The molecule has 1 aliphatic heterocycles. The second-order valence-electron chi connectivity index (χ2n) is 6.70. The highest BCUT2D eigenvalue weighted by molar-refractivity contribution is 5.79. The van der Waals surface area contributed by atoms with Gasteiger partial charge in [0, 0.05) is 18.6 Å². The monoisotopic (exact) mass is 264 g/mol. The molecule has 3 fully saturated rings. The lowest BCUT2D eigenvalue weighted by Crippen LogP contribution is -2.45. The predicted octanol–water partition coefficient (Wildman–Crippen LogP) is 2.70. The maximum atomic E-state index is 12.4. The minimum Gasteiger partial charge on any atom is -0.338 e. The summed E-state index contributed by atoms with van der Waals surface area (Å²) < 4.78 is 0. The summed E-state index contributed by atoms with van der Waals surface area (Å²) >= 11 is 0. The molecule has 0 aromatic heterocycles. The SMILES string of the molecule is O=C(CNC1CCCC1)N1CCCC1C1CCCC1. The number of carbonyl (C=O) groups is 1. The van der Waals surface area contributed by atoms with Gasteiger partial charge in [-0.3, -0.25) is 4.79 Å². The summed E-state index contributed by atoms with van der Waals surface area (Å²) in [7, 11) is 0. The van der Waals surface area contributed by atoms with Crippen molar-refractivity contribution in [2.24, 2.45) is 5.92 Å². The highest BCUT2D eigenvalue weighted by atomic mass is 16.2. The summed E-state index contributed by atoms with van der Waals surface area (Å²) in [5, 5.41) is 3.48. The van der Waals surface area contributed by atoms with Crippen LogP contribution in [0.1, 0.15) is 64.2 Å². The molecule has 3 heteroatoms. The van der Waals surface area contributed by atoms with E-state index in [-0.39, 0.29) is 0 Å². The fraction of sp³-hybridized carbons (Fsp3) is 0.938. The number of hydrogen-bond acceptors (Lipinski definition) is 2. The van der Waals surface area contributed by atoms with E-state index in [1.807, 2.05) is 0 Å². The Labute approximate surface area is 117 Å². The highest BCUT2D eigenvalue weighted by Crippen LogP contribution is 2.35. The Morgan fingerprint density at radius 2 is 1.63 bits per heavy atom. The zero-order chi connectivity index (χ0) is 13.1. The third-order valence-corrected chi connectivity index (χ3v) is 5.46. The number of rotatable bonds is 4. The Kier molecular flexibility index (Phi) is 4.42. The molecular formula is C16H28N2O. The van der Waals surface area contributed by atoms with E-state index < -0.39 is 0 Å². The number of likely N-dealkylation sites (tertiary alicyclic amines) is 1. The second-order valence-corrected chi connectivity index (χ2v) is 6.70. The third kappa shape index (κ3) is 3.13. The van der Waals surface area contributed by atoms with Gasteiger partial charge in [0.1, 0.15) is 0 Å². The van der Waals surface area contributed by atoms with Crippen molar-refractivity contribution in [2.45, 2.75) is 76.3 Å². The molecule has 1 N–H and O–H groups in total. The lowest BCUT2D eigenvalue weighted by Gasteiger charge is -2.30. The number of carbonyl (C=O) groups excluding carboxylic acids is 1. The van der Waals surface area contributed by atoms with E-state index in [9.17, 15) is 4.79 Å². The first-order valence-corrected chi connectivity index (χ1v) is 8.37. The van der Waals surface area contributed by atoms with Crippen LogP contribution >= 0.6 is 0 Å². The van der Waals surface area contributed by atoms with E-state index in [1.54, 1.807) is 0 Å². The normalized spacial score (nSPS) is 29.5. The van der Waals surface area contributed by atoms with Crippen molar-refractivity contribution in [2.75, 3.05) is 13.1 Å². The van der Waals surface area contributed by atoms with Crippen LogP contribution in [0.3, 0.4) is 0 Å². The fourth-order valence-electron chi connectivity index (χ4n) is 4.40. The van der Waals surface area contributed by atoms with E-state index >= 15 is 0 Å². The fourth-order valence-corrected chi connectivity index (χ4v) is 4.40. The molecule has 3 aliphatic rings. The molecule has 1 heterocycles. The van der Waals surface area contributed by atoms with E-state index in [2.05, 4.69) is 10.2 Å². The van der Waals surface area contributed by atoms with Crippen molar-refractivity contribution >= 4 is 5.91 Å². The van der Waals surface area contributed by atoms with Gasteiger partial charge in [-0.2, -0.15) is 0 Å². The van der Waals surface area contributed by atoms with Gasteiger partial charge in [0.25, 0.3) is 0 Å². The first-order chi connectivity index (χ1) is 9.34. The molecule has 1 saturated heterocycles. The van der Waals surface area contributed by atoms with Crippen LogP contribution in [0, 0.1) is 5.92 Å². The Morgan fingerprint density at radius 3 is 2.37 bits per heavy atom. The molecule has 0 radical (unpaired) electrons. The highest BCUT2D eigenvalue weighted by Gasteiger charge is 2.35. The Bertz CT molecular complexity index is 306. The number of nitrogens with one attached hydrogen (secondary N) is 1. The molecule has 2 aliphatic carbocycles. The van der Waals surface area contributed by atoms with Crippen molar-refractivity contribution in [1.82, 2.24) is 10.2 Å². The molecule has 19 heavy (non-hydrogen) atoms. The Morgan fingerprint density at radius 1 is 0.947 bits per heavy atom. The maximum Gasteiger partial charge on any atom is 0.236 e. The summed E-state index contributed by atoms with van der Waals surface area (Å²) in [5.74, 6) is 1.17. The van der Waals surface area contributed by atoms with Gasteiger partial charge in [-0.25, -0.2) is 0 Å². The van der Waals surface area contributed by atoms with Crippen LogP contribution in [-0.4, -0.2) is 36.0 Å². The predicted molar refractivity (Wildman–Crippen MR) is 77.0 cm³/mol. The van der Waals surface area contributed by atoms with E-state index in [0.29, 0.717) is 24.5 Å². The molecule has 2 saturated carbocycles. The minimum absolute atomic E-state index is 0.362. The number of hydrogen-bond donors (Lipinski definition) is 1. The average Bonchev–Trinajstić information content (AvgIpc) is 3.14. The van der Waals surface area contributed by atoms with Gasteiger partial charge in [0.05, 0.1) is 6.54 Å². The van der Waals surface area contributed by atoms with Crippen LogP contribution in [-0.2, 0) is 4.79 Å². The molecule has 0 aromatic carbocycles. The molecule has 1 atom stereocenters. The van der Waals surface area contributed by atoms with Gasteiger partial charge in [-0.1, -0.05) is 25.7 Å². The smallest absolute Gasteiger partial charge is 0.236 e. The standard InChI is InChI=1S/C16H28N2O/c19-16(12-17-14-8-3-4-9-14)18-11-5-10-15(18)13-6-1-2-7-13/h13-15,17H,1-12H2. The zero-order valence-corrected chi connectivity index (χ0v) is 12.1. The molecule has 0 aromatic rings. The molecule has 0 bridgehead atoms. The van der Waals surface area contributed by atoms with Crippen LogP contribution < -0.4 is 5.32 Å². The summed E-state index contributed by atoms with van der Waals surface area (Å²) in [5.41, 5.74) is 0.